The molecule has 0 aromatic heterocycles. The highest BCUT2D eigenvalue weighted by Crippen LogP contribution is 2.44. The molecule has 0 heterocycles. The summed E-state index contributed by atoms with van der Waals surface area (Å²) in [6, 6.07) is 10.1. The molecule has 0 fully saturated rings. The molecule has 96 valence electrons. The van der Waals surface area contributed by atoms with E-state index in [4.69, 9.17) is 0 Å². The van der Waals surface area contributed by atoms with Gasteiger partial charge in [-0.15, -0.1) is 0 Å². The van der Waals surface area contributed by atoms with Gasteiger partial charge in [0.1, 0.15) is 0 Å². The third-order valence-electron chi connectivity index (χ3n) is 3.84. The average Bonchev–Trinajstić information content (AvgIpc) is 2.29. The van der Waals surface area contributed by atoms with Crippen molar-refractivity contribution >= 4 is 0 Å². The molecule has 0 aliphatic rings. The maximum atomic E-state index is 11.1. The zero-order valence-electron chi connectivity index (χ0n) is 11.8. The van der Waals surface area contributed by atoms with Crippen molar-refractivity contribution in [3.8, 4) is 0 Å². The van der Waals surface area contributed by atoms with Gasteiger partial charge in [0.2, 0.25) is 0 Å². The fourth-order valence-electron chi connectivity index (χ4n) is 3.04. The van der Waals surface area contributed by atoms with E-state index in [9.17, 15) is 5.11 Å². The summed E-state index contributed by atoms with van der Waals surface area (Å²) < 4.78 is 0. The molecule has 17 heavy (non-hydrogen) atoms. The van der Waals surface area contributed by atoms with E-state index < -0.39 is 5.60 Å². The molecule has 2 unspecified atom stereocenters. The third kappa shape index (κ3) is 2.90. The number of rotatable bonds is 4. The maximum absolute atomic E-state index is 11.1. The van der Waals surface area contributed by atoms with Crippen LogP contribution in [-0.4, -0.2) is 5.11 Å². The van der Waals surface area contributed by atoms with E-state index >= 15 is 0 Å². The van der Waals surface area contributed by atoms with Gasteiger partial charge in [-0.05, 0) is 29.7 Å². The van der Waals surface area contributed by atoms with Crippen LogP contribution >= 0.6 is 0 Å². The molecule has 1 aromatic carbocycles. The van der Waals surface area contributed by atoms with Crippen LogP contribution < -0.4 is 0 Å². The Hall–Kier alpha value is -0.820. The lowest BCUT2D eigenvalue weighted by Gasteiger charge is -2.43. The first kappa shape index (κ1) is 14.2. The molecule has 0 aliphatic heterocycles. The number of aliphatic hydroxyl groups is 1. The van der Waals surface area contributed by atoms with Crippen LogP contribution in [0.25, 0.3) is 0 Å². The van der Waals surface area contributed by atoms with Crippen molar-refractivity contribution in [1.29, 1.82) is 0 Å². The average molecular weight is 234 g/mol. The zero-order valence-corrected chi connectivity index (χ0v) is 11.8. The molecule has 1 nitrogen and oxygen atoms in total. The summed E-state index contributed by atoms with van der Waals surface area (Å²) >= 11 is 0. The van der Waals surface area contributed by atoms with Gasteiger partial charge in [0.15, 0.2) is 0 Å². The topological polar surface area (TPSA) is 20.2 Å². The summed E-state index contributed by atoms with van der Waals surface area (Å²) in [6.07, 6.45) is 1.75. The molecule has 0 saturated carbocycles. The van der Waals surface area contributed by atoms with E-state index in [-0.39, 0.29) is 11.3 Å². The summed E-state index contributed by atoms with van der Waals surface area (Å²) in [5, 5.41) is 11.1. The van der Waals surface area contributed by atoms with E-state index in [0.717, 1.165) is 18.4 Å². The van der Waals surface area contributed by atoms with Crippen LogP contribution in [0.4, 0.5) is 0 Å². The molecule has 0 aliphatic carbocycles. The second-order valence-electron chi connectivity index (χ2n) is 5.97. The summed E-state index contributed by atoms with van der Waals surface area (Å²) in [6.45, 7) is 10.9. The van der Waals surface area contributed by atoms with Crippen molar-refractivity contribution < 1.29 is 5.11 Å². The normalized spacial score (nSPS) is 17.5. The Morgan fingerprint density at radius 1 is 1.06 bits per heavy atom. The number of hydrogen-bond acceptors (Lipinski definition) is 1. The van der Waals surface area contributed by atoms with Crippen molar-refractivity contribution in [3.05, 3.63) is 35.9 Å². The summed E-state index contributed by atoms with van der Waals surface area (Å²) in [7, 11) is 0. The van der Waals surface area contributed by atoms with Crippen LogP contribution in [0.1, 0.15) is 53.0 Å². The van der Waals surface area contributed by atoms with Crippen LogP contribution in [0.5, 0.6) is 0 Å². The van der Waals surface area contributed by atoms with Crippen LogP contribution in [-0.2, 0) is 5.60 Å². The van der Waals surface area contributed by atoms with Crippen molar-refractivity contribution in [1.82, 2.24) is 0 Å². The highest BCUT2D eigenvalue weighted by Gasteiger charge is 2.41. The molecule has 0 bridgehead atoms. The second-order valence-corrected chi connectivity index (χ2v) is 5.97. The Balaban J connectivity index is 3.19. The van der Waals surface area contributed by atoms with Crippen molar-refractivity contribution in [2.75, 3.05) is 0 Å². The van der Waals surface area contributed by atoms with Crippen molar-refractivity contribution in [2.45, 2.75) is 53.1 Å². The van der Waals surface area contributed by atoms with Gasteiger partial charge >= 0.3 is 0 Å². The Bertz CT molecular complexity index is 336. The lowest BCUT2D eigenvalue weighted by atomic mass is 9.66. The molecule has 0 spiro atoms. The lowest BCUT2D eigenvalue weighted by molar-refractivity contribution is -0.0732. The Kier molecular flexibility index (Phi) is 4.37. The third-order valence-corrected chi connectivity index (χ3v) is 3.84. The van der Waals surface area contributed by atoms with Crippen LogP contribution in [0.15, 0.2) is 30.3 Å². The minimum Gasteiger partial charge on any atom is -0.385 e. The fourth-order valence-corrected chi connectivity index (χ4v) is 3.04. The van der Waals surface area contributed by atoms with Gasteiger partial charge in [-0.3, -0.25) is 0 Å². The largest absolute Gasteiger partial charge is 0.385 e. The molecule has 0 saturated heterocycles. The van der Waals surface area contributed by atoms with E-state index in [2.05, 4.69) is 34.6 Å². The van der Waals surface area contributed by atoms with Gasteiger partial charge in [0.25, 0.3) is 0 Å². The van der Waals surface area contributed by atoms with E-state index in [1.807, 2.05) is 30.3 Å². The first-order valence-electron chi connectivity index (χ1n) is 6.64. The second kappa shape index (κ2) is 5.22. The Morgan fingerprint density at radius 2 is 1.59 bits per heavy atom. The van der Waals surface area contributed by atoms with Gasteiger partial charge in [0.05, 0.1) is 5.60 Å². The highest BCUT2D eigenvalue weighted by molar-refractivity contribution is 5.23. The number of benzene rings is 1. The van der Waals surface area contributed by atoms with Gasteiger partial charge in [0, 0.05) is 0 Å². The first-order chi connectivity index (χ1) is 7.86. The molecule has 1 rings (SSSR count). The fraction of sp³-hybridized carbons (Fsp3) is 0.625. The Labute approximate surface area is 106 Å². The molecule has 0 radical (unpaired) electrons. The first-order valence-corrected chi connectivity index (χ1v) is 6.64. The monoisotopic (exact) mass is 234 g/mol. The predicted molar refractivity (Wildman–Crippen MR) is 73.9 cm³/mol. The van der Waals surface area contributed by atoms with Gasteiger partial charge in [-0.2, -0.15) is 0 Å². The van der Waals surface area contributed by atoms with Crippen molar-refractivity contribution in [3.63, 3.8) is 0 Å². The van der Waals surface area contributed by atoms with E-state index in [1.54, 1.807) is 0 Å². The predicted octanol–water partition coefficient (Wildman–Crippen LogP) is 4.36. The Morgan fingerprint density at radius 3 is 1.94 bits per heavy atom. The molecular weight excluding hydrogens is 208 g/mol. The van der Waals surface area contributed by atoms with Crippen LogP contribution in [0, 0.1) is 11.3 Å². The van der Waals surface area contributed by atoms with Crippen molar-refractivity contribution in [2.24, 2.45) is 11.3 Å². The summed E-state index contributed by atoms with van der Waals surface area (Å²) in [5.74, 6) is 0.266. The van der Waals surface area contributed by atoms with Gasteiger partial charge < -0.3 is 5.11 Å². The maximum Gasteiger partial charge on any atom is 0.0926 e. The minimum atomic E-state index is -0.714. The van der Waals surface area contributed by atoms with E-state index in [0.29, 0.717) is 0 Å². The standard InChI is InChI=1S/C16H26O/c1-6-14(15(3,4)5)16(17,7-2)13-11-9-8-10-12-13/h8-12,14,17H,6-7H2,1-5H3. The zero-order chi connectivity index (χ0) is 13.1. The lowest BCUT2D eigenvalue weighted by Crippen LogP contribution is -2.41. The molecule has 1 N–H and O–H groups in total. The molecular formula is C16H26O. The van der Waals surface area contributed by atoms with Crippen LogP contribution in [0.3, 0.4) is 0 Å². The molecule has 1 aromatic rings. The van der Waals surface area contributed by atoms with Gasteiger partial charge in [-0.1, -0.05) is 65.0 Å². The van der Waals surface area contributed by atoms with E-state index in [1.165, 1.54) is 0 Å². The summed E-state index contributed by atoms with van der Waals surface area (Å²) in [4.78, 5) is 0. The smallest absolute Gasteiger partial charge is 0.0926 e. The van der Waals surface area contributed by atoms with Gasteiger partial charge in [-0.25, -0.2) is 0 Å². The molecule has 2 atom stereocenters. The molecule has 1 heteroatoms. The number of hydrogen-bond donors (Lipinski definition) is 1. The SMILES string of the molecule is CCC(C(C)(C)C)C(O)(CC)c1ccccc1. The summed E-state index contributed by atoms with van der Waals surface area (Å²) in [5.41, 5.74) is 0.438. The minimum absolute atomic E-state index is 0.106. The molecule has 0 amide bonds. The van der Waals surface area contributed by atoms with Crippen LogP contribution in [0.2, 0.25) is 0 Å². The highest BCUT2D eigenvalue weighted by atomic mass is 16.3. The quantitative estimate of drug-likeness (QED) is 0.821.